The lowest BCUT2D eigenvalue weighted by Gasteiger charge is -2.16. The number of carbonyl (C=O) groups is 1. The van der Waals surface area contributed by atoms with Crippen LogP contribution in [0.1, 0.15) is 24.0 Å². The molecule has 8 heteroatoms. The first kappa shape index (κ1) is 22.4. The second-order valence-electron chi connectivity index (χ2n) is 8.52. The minimum Gasteiger partial charge on any atom is -0.496 e. The molecule has 1 aliphatic heterocycles. The van der Waals surface area contributed by atoms with E-state index in [1.165, 1.54) is 7.05 Å². The quantitative estimate of drug-likeness (QED) is 0.528. The van der Waals surface area contributed by atoms with Gasteiger partial charge in [-0.3, -0.25) is 4.79 Å². The summed E-state index contributed by atoms with van der Waals surface area (Å²) in [4.78, 5) is 13.6. The maximum atomic E-state index is 13.4. The molecule has 0 spiro atoms. The molecule has 7 nitrogen and oxygen atoms in total. The molecule has 1 fully saturated rings. The van der Waals surface area contributed by atoms with Gasteiger partial charge in [-0.25, -0.2) is 13.1 Å². The minimum atomic E-state index is -3.52. The van der Waals surface area contributed by atoms with Crippen LogP contribution in [0, 0.1) is 0 Å². The highest BCUT2D eigenvalue weighted by Crippen LogP contribution is 2.51. The van der Waals surface area contributed by atoms with Crippen LogP contribution in [0.3, 0.4) is 0 Å². The summed E-state index contributed by atoms with van der Waals surface area (Å²) in [5.41, 5.74) is 2.97. The Bertz CT molecular complexity index is 1360. The molecule has 1 N–H and O–H groups in total. The number of benzene rings is 3. The highest BCUT2D eigenvalue weighted by molar-refractivity contribution is 7.89. The van der Waals surface area contributed by atoms with Crippen LogP contribution in [0.5, 0.6) is 17.2 Å². The Kier molecular flexibility index (Phi) is 5.58. The topological polar surface area (TPSA) is 90.9 Å². The van der Waals surface area contributed by atoms with Crippen LogP contribution >= 0.6 is 0 Å². The fraction of sp³-hybridized carbons (Fsp3) is 0.269. The summed E-state index contributed by atoms with van der Waals surface area (Å²) < 4.78 is 42.8. The Morgan fingerprint density at radius 1 is 1.00 bits per heavy atom. The third-order valence-electron chi connectivity index (χ3n) is 6.58. The molecule has 0 atom stereocenters. The van der Waals surface area contributed by atoms with Gasteiger partial charge in [-0.1, -0.05) is 24.3 Å². The molecule has 2 aliphatic rings. The Morgan fingerprint density at radius 3 is 2.41 bits per heavy atom. The lowest BCUT2D eigenvalue weighted by atomic mass is 9.87. The fourth-order valence-corrected chi connectivity index (χ4v) is 5.15. The van der Waals surface area contributed by atoms with Crippen LogP contribution in [0.25, 0.3) is 11.1 Å². The summed E-state index contributed by atoms with van der Waals surface area (Å²) in [5.74, 6) is 2.21. The van der Waals surface area contributed by atoms with E-state index in [-0.39, 0.29) is 23.9 Å². The molecule has 0 unspecified atom stereocenters. The highest BCUT2D eigenvalue weighted by Gasteiger charge is 2.50. The predicted molar refractivity (Wildman–Crippen MR) is 127 cm³/mol. The molecular weight excluding hydrogens is 454 g/mol. The zero-order valence-corrected chi connectivity index (χ0v) is 19.8. The van der Waals surface area contributed by atoms with Gasteiger partial charge in [0.2, 0.25) is 16.8 Å². The van der Waals surface area contributed by atoms with E-state index in [2.05, 4.69) is 4.72 Å². The maximum absolute atomic E-state index is 13.4. The molecule has 3 aromatic carbocycles. The van der Waals surface area contributed by atoms with Gasteiger partial charge in [-0.2, -0.15) is 0 Å². The van der Waals surface area contributed by atoms with Crippen molar-refractivity contribution in [2.45, 2.75) is 29.6 Å². The van der Waals surface area contributed by atoms with Gasteiger partial charge >= 0.3 is 0 Å². The van der Waals surface area contributed by atoms with Gasteiger partial charge in [0, 0.05) is 12.0 Å². The summed E-state index contributed by atoms with van der Waals surface area (Å²) in [6.07, 6.45) is 1.92. The second kappa shape index (κ2) is 8.45. The monoisotopic (exact) mass is 479 g/mol. The van der Waals surface area contributed by atoms with E-state index in [4.69, 9.17) is 14.2 Å². The Morgan fingerprint density at radius 2 is 1.74 bits per heavy atom. The Labute approximate surface area is 198 Å². The number of nitrogens with one attached hydrogen (secondary N) is 1. The lowest BCUT2D eigenvalue weighted by Crippen LogP contribution is -2.22. The molecule has 0 saturated heterocycles. The number of ketones is 1. The average molecular weight is 480 g/mol. The number of rotatable bonds is 8. The summed E-state index contributed by atoms with van der Waals surface area (Å²) in [5, 5.41) is 0. The predicted octanol–water partition coefficient (Wildman–Crippen LogP) is 3.84. The van der Waals surface area contributed by atoms with Gasteiger partial charge in [0.15, 0.2) is 11.5 Å². The van der Waals surface area contributed by atoms with Gasteiger partial charge in [0.25, 0.3) is 0 Å². The molecule has 0 bridgehead atoms. The largest absolute Gasteiger partial charge is 0.496 e. The zero-order valence-electron chi connectivity index (χ0n) is 19.0. The van der Waals surface area contributed by atoms with Crippen molar-refractivity contribution in [3.63, 3.8) is 0 Å². The SMILES string of the molecule is CNS(=O)(=O)c1ccc(-c2cc(CC(=O)C3(c4ccc5c(c4)OCO5)CC3)ccc2OC)cc1. The molecular formula is C26H25NO6S. The van der Waals surface area contributed by atoms with Crippen molar-refractivity contribution in [1.29, 1.82) is 0 Å². The van der Waals surface area contributed by atoms with Gasteiger partial charge < -0.3 is 14.2 Å². The van der Waals surface area contributed by atoms with E-state index < -0.39 is 15.4 Å². The zero-order chi connectivity index (χ0) is 23.9. The molecule has 1 aliphatic carbocycles. The van der Waals surface area contributed by atoms with Crippen LogP contribution in [-0.2, 0) is 26.7 Å². The molecule has 0 aromatic heterocycles. The van der Waals surface area contributed by atoms with Crippen molar-refractivity contribution in [3.8, 4) is 28.4 Å². The first-order chi connectivity index (χ1) is 16.4. The fourth-order valence-electron chi connectivity index (χ4n) is 4.42. The number of ether oxygens (including phenoxy) is 3. The molecule has 5 rings (SSSR count). The summed E-state index contributed by atoms with van der Waals surface area (Å²) >= 11 is 0. The second-order valence-corrected chi connectivity index (χ2v) is 10.4. The number of Topliss-reactive ketones (excluding diaryl/α,β-unsaturated/α-hetero) is 1. The normalized spacial score (nSPS) is 15.7. The van der Waals surface area contributed by atoms with Gasteiger partial charge in [0.05, 0.1) is 17.4 Å². The Balaban J connectivity index is 1.41. The van der Waals surface area contributed by atoms with Crippen LogP contribution in [0.4, 0.5) is 0 Å². The highest BCUT2D eigenvalue weighted by atomic mass is 32.2. The number of carbonyl (C=O) groups excluding carboxylic acids is 1. The van der Waals surface area contributed by atoms with Crippen molar-refractivity contribution >= 4 is 15.8 Å². The first-order valence-electron chi connectivity index (χ1n) is 11.0. The van der Waals surface area contributed by atoms with Crippen LogP contribution in [0.2, 0.25) is 0 Å². The van der Waals surface area contributed by atoms with Crippen LogP contribution in [-0.4, -0.2) is 35.2 Å². The van der Waals surface area contributed by atoms with Crippen molar-refractivity contribution in [2.75, 3.05) is 21.0 Å². The van der Waals surface area contributed by atoms with E-state index in [1.54, 1.807) is 31.4 Å². The third-order valence-corrected chi connectivity index (χ3v) is 8.01. The van der Waals surface area contributed by atoms with Crippen LogP contribution < -0.4 is 18.9 Å². The number of fused-ring (bicyclic) bond motifs is 1. The minimum absolute atomic E-state index is 0.165. The molecule has 176 valence electrons. The number of hydrogen-bond acceptors (Lipinski definition) is 6. The number of methoxy groups -OCH3 is 1. The molecule has 34 heavy (non-hydrogen) atoms. The average Bonchev–Trinajstić information content (AvgIpc) is 3.55. The number of hydrogen-bond donors (Lipinski definition) is 1. The van der Waals surface area contributed by atoms with E-state index in [0.29, 0.717) is 17.2 Å². The molecule has 0 radical (unpaired) electrons. The van der Waals surface area contributed by atoms with Crippen molar-refractivity contribution in [1.82, 2.24) is 4.72 Å². The molecule has 0 amide bonds. The van der Waals surface area contributed by atoms with Gasteiger partial charge in [0.1, 0.15) is 11.5 Å². The Hall–Kier alpha value is -3.36. The van der Waals surface area contributed by atoms with Crippen molar-refractivity contribution in [2.24, 2.45) is 0 Å². The number of sulfonamides is 1. The lowest BCUT2D eigenvalue weighted by molar-refractivity contribution is -0.120. The summed E-state index contributed by atoms with van der Waals surface area (Å²) in [7, 11) is -0.556. The molecule has 1 saturated carbocycles. The standard InChI is InChI=1S/C26H25NO6S/c1-27-34(29,30)20-7-4-18(5-8-20)21-13-17(3-9-22(21)31-2)14-25(28)26(11-12-26)19-6-10-23-24(15-19)33-16-32-23/h3-10,13,15,27H,11-12,14,16H2,1-2H3. The smallest absolute Gasteiger partial charge is 0.240 e. The third kappa shape index (κ3) is 3.93. The molecule has 1 heterocycles. The molecule has 3 aromatic rings. The van der Waals surface area contributed by atoms with Crippen LogP contribution in [0.15, 0.2) is 65.6 Å². The van der Waals surface area contributed by atoms with E-state index in [9.17, 15) is 13.2 Å². The van der Waals surface area contributed by atoms with E-state index >= 15 is 0 Å². The summed E-state index contributed by atoms with van der Waals surface area (Å²) in [6, 6.07) is 18.0. The van der Waals surface area contributed by atoms with E-state index in [1.807, 2.05) is 36.4 Å². The van der Waals surface area contributed by atoms with Gasteiger partial charge in [-0.05, 0) is 73.0 Å². The van der Waals surface area contributed by atoms with Crippen molar-refractivity contribution < 1.29 is 27.4 Å². The van der Waals surface area contributed by atoms with E-state index in [0.717, 1.165) is 35.1 Å². The summed E-state index contributed by atoms with van der Waals surface area (Å²) in [6.45, 7) is 0.205. The van der Waals surface area contributed by atoms with Crippen molar-refractivity contribution in [3.05, 3.63) is 71.8 Å². The maximum Gasteiger partial charge on any atom is 0.240 e. The van der Waals surface area contributed by atoms with Gasteiger partial charge in [-0.15, -0.1) is 0 Å². The first-order valence-corrected chi connectivity index (χ1v) is 12.5.